The molecular weight excluding hydrogens is 837 g/mol. The van der Waals surface area contributed by atoms with E-state index in [1.165, 1.54) is 12.5 Å². The van der Waals surface area contributed by atoms with Crippen molar-refractivity contribution in [3.05, 3.63) is 11.6 Å². The lowest BCUT2D eigenvalue weighted by molar-refractivity contribution is -0.373. The zero-order valence-corrected chi connectivity index (χ0v) is 38.7. The summed E-state index contributed by atoms with van der Waals surface area (Å²) < 4.78 is 36.6. The van der Waals surface area contributed by atoms with E-state index in [4.69, 9.17) is 28.4 Å². The molecule has 23 unspecified atom stereocenters. The number of carbonyl (C=O) groups is 1. The minimum absolute atomic E-state index is 0.0502. The highest BCUT2D eigenvalue weighted by Gasteiger charge is 2.70. The van der Waals surface area contributed by atoms with Crippen LogP contribution < -0.4 is 0 Å². The second-order valence-electron chi connectivity index (χ2n) is 23.3. The summed E-state index contributed by atoms with van der Waals surface area (Å²) in [5, 5.41) is 107. The summed E-state index contributed by atoms with van der Waals surface area (Å²) in [6.45, 7) is 16.4. The van der Waals surface area contributed by atoms with Gasteiger partial charge in [-0.2, -0.15) is 0 Å². The average Bonchev–Trinajstić information content (AvgIpc) is 3.52. The molecular formula is C47H76O17. The van der Waals surface area contributed by atoms with Crippen molar-refractivity contribution in [1.29, 1.82) is 0 Å². The Kier molecular flexibility index (Phi) is 12.8. The number of carboxylic acid groups (broad SMARTS) is 1. The number of aliphatic carboxylic acids is 1. The summed E-state index contributed by atoms with van der Waals surface area (Å²) in [6, 6.07) is 0. The predicted octanol–water partition coefficient (Wildman–Crippen LogP) is 1.35. The highest BCUT2D eigenvalue weighted by Crippen LogP contribution is 2.76. The lowest BCUT2D eigenvalue weighted by atomic mass is 9.33. The molecule has 17 heteroatoms. The van der Waals surface area contributed by atoms with Crippen LogP contribution in [0.4, 0.5) is 0 Å². The van der Waals surface area contributed by atoms with Crippen molar-refractivity contribution >= 4 is 5.97 Å². The van der Waals surface area contributed by atoms with Gasteiger partial charge in [0, 0.05) is 10.8 Å². The Morgan fingerprint density at radius 2 is 1.41 bits per heavy atom. The summed E-state index contributed by atoms with van der Waals surface area (Å²) in [7, 11) is 0. The normalized spacial score (nSPS) is 56.0. The number of fused-ring (bicyclic) bond motifs is 7. The molecule has 7 fully saturated rings. The maximum atomic E-state index is 12.3. The fraction of sp³-hybridized carbons (Fsp3) is 0.936. The SMILES string of the molecule is CC1OC(OC2C(OC3CCC4(C)C(CCC5(C)C4CC=C4C6CC(C)(C)CC(OC7OCC(O)(CO)C7O)C6(C)CCC45C)C3(C)CO)OC(C(=O)O)C(O)C2O)C(O)C(O)C1O. The second kappa shape index (κ2) is 16.6. The Hall–Kier alpha value is -1.39. The van der Waals surface area contributed by atoms with E-state index in [0.29, 0.717) is 12.8 Å². The minimum Gasteiger partial charge on any atom is -0.479 e. The lowest BCUT2D eigenvalue weighted by Crippen LogP contribution is -2.68. The van der Waals surface area contributed by atoms with Crippen LogP contribution in [0, 0.1) is 50.2 Å². The summed E-state index contributed by atoms with van der Waals surface area (Å²) in [4.78, 5) is 12.3. The molecule has 0 aromatic carbocycles. The Morgan fingerprint density at radius 3 is 2.05 bits per heavy atom. The van der Waals surface area contributed by atoms with Crippen molar-refractivity contribution in [2.45, 2.75) is 205 Å². The summed E-state index contributed by atoms with van der Waals surface area (Å²) in [5.74, 6) is -1.16. The van der Waals surface area contributed by atoms with E-state index in [1.54, 1.807) is 0 Å². The Balaban J connectivity index is 1.06. The summed E-state index contributed by atoms with van der Waals surface area (Å²) in [6.07, 6.45) is -10.1. The fourth-order valence-electron chi connectivity index (χ4n) is 14.9. The maximum absolute atomic E-state index is 12.3. The molecule has 366 valence electrons. The number of hydrogen-bond acceptors (Lipinski definition) is 16. The molecule has 8 rings (SSSR count). The van der Waals surface area contributed by atoms with Gasteiger partial charge < -0.3 is 79.5 Å². The quantitative estimate of drug-likeness (QED) is 0.116. The van der Waals surface area contributed by atoms with Crippen LogP contribution in [0.15, 0.2) is 11.6 Å². The van der Waals surface area contributed by atoms with Crippen LogP contribution in [0.1, 0.15) is 113 Å². The van der Waals surface area contributed by atoms with Gasteiger partial charge in [0.15, 0.2) is 25.0 Å². The molecule has 8 aliphatic rings. The average molecular weight is 913 g/mol. The predicted molar refractivity (Wildman–Crippen MR) is 225 cm³/mol. The Bertz CT molecular complexity index is 1780. The van der Waals surface area contributed by atoms with E-state index in [9.17, 15) is 55.9 Å². The fourth-order valence-corrected chi connectivity index (χ4v) is 14.9. The smallest absolute Gasteiger partial charge is 0.335 e. The molecule has 5 aliphatic carbocycles. The van der Waals surface area contributed by atoms with Crippen LogP contribution in [0.3, 0.4) is 0 Å². The standard InChI is InChI=1S/C47H76O17/c1-22-29(50)30(51)33(54)38(60-22)64-35-32(53)31(52)34(37(56)57)63-39(35)61-27-12-13-43(5)25(44(27,6)19-48)11-14-46(8)26(43)10-9-23-24-17-41(2,3)18-28(42(24,4)15-16-45(23,46)7)62-40-36(55)47(58,20-49)21-59-40/h9,22,24-36,38-40,48-55,58H,10-21H2,1-8H3,(H,56,57). The molecule has 64 heavy (non-hydrogen) atoms. The summed E-state index contributed by atoms with van der Waals surface area (Å²) >= 11 is 0. The highest BCUT2D eigenvalue weighted by molar-refractivity contribution is 5.73. The van der Waals surface area contributed by atoms with Crippen LogP contribution in [0.25, 0.3) is 0 Å². The van der Waals surface area contributed by atoms with Gasteiger partial charge in [-0.3, -0.25) is 0 Å². The van der Waals surface area contributed by atoms with Gasteiger partial charge in [-0.15, -0.1) is 0 Å². The third-order valence-electron chi connectivity index (χ3n) is 19.2. The molecule has 3 saturated heterocycles. The van der Waals surface area contributed by atoms with Gasteiger partial charge in [-0.25, -0.2) is 4.79 Å². The zero-order valence-electron chi connectivity index (χ0n) is 38.7. The summed E-state index contributed by atoms with van der Waals surface area (Å²) in [5.41, 5.74) is -2.10. The number of ether oxygens (including phenoxy) is 6. The van der Waals surface area contributed by atoms with Crippen molar-refractivity contribution in [2.24, 2.45) is 50.2 Å². The molecule has 3 heterocycles. The first-order chi connectivity index (χ1) is 29.7. The molecule has 17 nitrogen and oxygen atoms in total. The number of aliphatic hydroxyl groups is 9. The van der Waals surface area contributed by atoms with Gasteiger partial charge >= 0.3 is 5.97 Å². The first-order valence-corrected chi connectivity index (χ1v) is 23.6. The van der Waals surface area contributed by atoms with E-state index in [2.05, 4.69) is 47.6 Å². The number of carboxylic acids is 1. The number of rotatable bonds is 9. The van der Waals surface area contributed by atoms with Gasteiger partial charge in [0.05, 0.1) is 38.1 Å². The van der Waals surface area contributed by atoms with Gasteiger partial charge in [-0.1, -0.05) is 60.1 Å². The van der Waals surface area contributed by atoms with Crippen LogP contribution in [0.5, 0.6) is 0 Å². The van der Waals surface area contributed by atoms with Crippen LogP contribution in [-0.2, 0) is 33.2 Å². The van der Waals surface area contributed by atoms with E-state index in [-0.39, 0.29) is 64.1 Å². The van der Waals surface area contributed by atoms with E-state index >= 15 is 0 Å². The van der Waals surface area contributed by atoms with Crippen molar-refractivity contribution in [1.82, 2.24) is 0 Å². The van der Waals surface area contributed by atoms with Crippen LogP contribution in [0.2, 0.25) is 0 Å². The van der Waals surface area contributed by atoms with E-state index in [1.807, 2.05) is 6.92 Å². The van der Waals surface area contributed by atoms with Crippen molar-refractivity contribution < 1.29 is 84.3 Å². The van der Waals surface area contributed by atoms with Crippen molar-refractivity contribution in [3.8, 4) is 0 Å². The molecule has 0 aromatic heterocycles. The first-order valence-electron chi connectivity index (χ1n) is 23.6. The first kappa shape index (κ1) is 49.0. The largest absolute Gasteiger partial charge is 0.479 e. The van der Waals surface area contributed by atoms with Gasteiger partial charge in [-0.05, 0) is 104 Å². The Morgan fingerprint density at radius 1 is 0.719 bits per heavy atom. The molecule has 0 radical (unpaired) electrons. The molecule has 0 aromatic rings. The monoisotopic (exact) mass is 913 g/mol. The molecule has 10 N–H and O–H groups in total. The Labute approximate surface area is 376 Å². The lowest BCUT2D eigenvalue weighted by Gasteiger charge is -2.72. The third-order valence-corrected chi connectivity index (χ3v) is 19.2. The highest BCUT2D eigenvalue weighted by atomic mass is 16.8. The van der Waals surface area contributed by atoms with E-state index in [0.717, 1.165) is 44.9 Å². The second-order valence-corrected chi connectivity index (χ2v) is 23.3. The molecule has 0 amide bonds. The molecule has 0 spiro atoms. The van der Waals surface area contributed by atoms with E-state index < -0.39 is 104 Å². The molecule has 4 saturated carbocycles. The van der Waals surface area contributed by atoms with Crippen LogP contribution >= 0.6 is 0 Å². The topological polar surface area (TPSA) is 275 Å². The number of allylic oxidation sites excluding steroid dienone is 2. The molecule has 3 aliphatic heterocycles. The molecule has 0 bridgehead atoms. The van der Waals surface area contributed by atoms with Gasteiger partial charge in [0.25, 0.3) is 0 Å². The zero-order chi connectivity index (χ0) is 46.9. The van der Waals surface area contributed by atoms with Crippen molar-refractivity contribution in [2.75, 3.05) is 19.8 Å². The number of hydrogen-bond donors (Lipinski definition) is 10. The van der Waals surface area contributed by atoms with Crippen LogP contribution in [-0.4, -0.2) is 168 Å². The van der Waals surface area contributed by atoms with Crippen molar-refractivity contribution in [3.63, 3.8) is 0 Å². The van der Waals surface area contributed by atoms with Gasteiger partial charge in [0.2, 0.25) is 0 Å². The molecule has 23 atom stereocenters. The minimum atomic E-state index is -1.95. The van der Waals surface area contributed by atoms with Gasteiger partial charge in [0.1, 0.15) is 48.3 Å². The third kappa shape index (κ3) is 7.31. The maximum Gasteiger partial charge on any atom is 0.335 e. The number of aliphatic hydroxyl groups excluding tert-OH is 8.